The number of rotatable bonds is 3. The molecule has 2 aromatic rings. The van der Waals surface area contributed by atoms with E-state index in [0.717, 1.165) is 11.3 Å². The van der Waals surface area contributed by atoms with Crippen molar-refractivity contribution in [2.24, 2.45) is 0 Å². The normalized spacial score (nSPS) is 12.2. The van der Waals surface area contributed by atoms with Gasteiger partial charge in [0.2, 0.25) is 0 Å². The van der Waals surface area contributed by atoms with Gasteiger partial charge in [-0.25, -0.2) is 0 Å². The molecular formula is C13H14N2O2. The maximum absolute atomic E-state index is 10.3. The van der Waals surface area contributed by atoms with E-state index in [2.05, 4.69) is 9.97 Å². The Labute approximate surface area is 99.9 Å². The number of ether oxygens (including phenoxy) is 1. The zero-order chi connectivity index (χ0) is 12.3. The molecule has 0 spiro atoms. The van der Waals surface area contributed by atoms with Crippen molar-refractivity contribution in [3.05, 3.63) is 53.6 Å². The lowest BCUT2D eigenvalue weighted by Crippen LogP contribution is -2.07. The van der Waals surface area contributed by atoms with Gasteiger partial charge in [0.15, 0.2) is 0 Å². The average Bonchev–Trinajstić information content (AvgIpc) is 2.38. The summed E-state index contributed by atoms with van der Waals surface area (Å²) < 4.78 is 5.18. The number of aryl methyl sites for hydroxylation is 1. The largest absolute Gasteiger partial charge is 0.495 e. The predicted molar refractivity (Wildman–Crippen MR) is 63.8 cm³/mol. The summed E-state index contributed by atoms with van der Waals surface area (Å²) in [5, 5.41) is 10.3. The third kappa shape index (κ3) is 2.26. The average molecular weight is 230 g/mol. The molecule has 2 rings (SSSR count). The topological polar surface area (TPSA) is 55.2 Å². The van der Waals surface area contributed by atoms with Crippen LogP contribution in [0.15, 0.2) is 36.7 Å². The monoisotopic (exact) mass is 230 g/mol. The van der Waals surface area contributed by atoms with Gasteiger partial charge in [0, 0.05) is 23.7 Å². The molecule has 0 aliphatic rings. The van der Waals surface area contributed by atoms with E-state index < -0.39 is 6.10 Å². The fourth-order valence-corrected chi connectivity index (χ4v) is 1.71. The molecule has 88 valence electrons. The summed E-state index contributed by atoms with van der Waals surface area (Å²) in [6.07, 6.45) is 2.51. The Bertz CT molecular complexity index is 514. The van der Waals surface area contributed by atoms with Crippen LogP contribution in [0, 0.1) is 6.92 Å². The maximum Gasteiger partial charge on any atom is 0.143 e. The zero-order valence-electron chi connectivity index (χ0n) is 9.79. The standard InChI is InChI=1S/C13H14N2O2/c1-9-10(5-3-7-14-9)13(16)12-11(17-2)6-4-8-15-12/h3-8,13,16H,1-2H3. The van der Waals surface area contributed by atoms with Crippen molar-refractivity contribution in [1.29, 1.82) is 0 Å². The summed E-state index contributed by atoms with van der Waals surface area (Å²) in [6, 6.07) is 7.17. The summed E-state index contributed by atoms with van der Waals surface area (Å²) >= 11 is 0. The number of aliphatic hydroxyl groups is 1. The minimum Gasteiger partial charge on any atom is -0.495 e. The molecular weight excluding hydrogens is 216 g/mol. The van der Waals surface area contributed by atoms with Gasteiger partial charge in [-0.1, -0.05) is 6.07 Å². The molecule has 0 fully saturated rings. The second-order valence-electron chi connectivity index (χ2n) is 3.67. The van der Waals surface area contributed by atoms with Gasteiger partial charge in [-0.15, -0.1) is 0 Å². The summed E-state index contributed by atoms with van der Waals surface area (Å²) in [4.78, 5) is 8.32. The molecule has 4 heteroatoms. The zero-order valence-corrected chi connectivity index (χ0v) is 9.79. The van der Waals surface area contributed by atoms with Crippen molar-refractivity contribution < 1.29 is 9.84 Å². The third-order valence-corrected chi connectivity index (χ3v) is 2.62. The van der Waals surface area contributed by atoms with Crippen molar-refractivity contribution in [1.82, 2.24) is 9.97 Å². The Morgan fingerprint density at radius 3 is 2.59 bits per heavy atom. The van der Waals surface area contributed by atoms with E-state index in [9.17, 15) is 5.11 Å². The second kappa shape index (κ2) is 4.93. The quantitative estimate of drug-likeness (QED) is 0.874. The van der Waals surface area contributed by atoms with Crippen molar-refractivity contribution in [2.75, 3.05) is 7.11 Å². The third-order valence-electron chi connectivity index (χ3n) is 2.62. The van der Waals surface area contributed by atoms with E-state index in [1.54, 1.807) is 37.7 Å². The Kier molecular flexibility index (Phi) is 3.35. The molecule has 0 radical (unpaired) electrons. The van der Waals surface area contributed by atoms with Crippen LogP contribution in [0.25, 0.3) is 0 Å². The van der Waals surface area contributed by atoms with Crippen LogP contribution in [0.3, 0.4) is 0 Å². The first-order valence-corrected chi connectivity index (χ1v) is 5.32. The van der Waals surface area contributed by atoms with Crippen molar-refractivity contribution in [3.63, 3.8) is 0 Å². The fourth-order valence-electron chi connectivity index (χ4n) is 1.71. The molecule has 0 aromatic carbocycles. The number of nitrogens with zero attached hydrogens (tertiary/aromatic N) is 2. The Hall–Kier alpha value is -1.94. The van der Waals surface area contributed by atoms with Crippen LogP contribution in [0.5, 0.6) is 5.75 Å². The lowest BCUT2D eigenvalue weighted by molar-refractivity contribution is 0.208. The van der Waals surface area contributed by atoms with E-state index in [1.165, 1.54) is 0 Å². The number of methoxy groups -OCH3 is 1. The van der Waals surface area contributed by atoms with Gasteiger partial charge in [0.25, 0.3) is 0 Å². The van der Waals surface area contributed by atoms with Gasteiger partial charge in [-0.05, 0) is 25.1 Å². The van der Waals surface area contributed by atoms with Crippen molar-refractivity contribution in [3.8, 4) is 5.75 Å². The van der Waals surface area contributed by atoms with Crippen LogP contribution in [0.1, 0.15) is 23.1 Å². The van der Waals surface area contributed by atoms with Crippen LogP contribution in [0.2, 0.25) is 0 Å². The Balaban J connectivity index is 2.44. The van der Waals surface area contributed by atoms with E-state index >= 15 is 0 Å². The SMILES string of the molecule is COc1cccnc1C(O)c1cccnc1C. The highest BCUT2D eigenvalue weighted by atomic mass is 16.5. The number of aromatic nitrogens is 2. The predicted octanol–water partition coefficient (Wildman–Crippen LogP) is 1.88. The minimum atomic E-state index is -0.820. The van der Waals surface area contributed by atoms with E-state index in [0.29, 0.717) is 11.4 Å². The van der Waals surface area contributed by atoms with Crippen LogP contribution in [0.4, 0.5) is 0 Å². The highest BCUT2D eigenvalue weighted by Crippen LogP contribution is 2.28. The fraction of sp³-hybridized carbons (Fsp3) is 0.231. The van der Waals surface area contributed by atoms with Crippen molar-refractivity contribution >= 4 is 0 Å². The summed E-state index contributed by atoms with van der Waals surface area (Å²) in [7, 11) is 1.56. The molecule has 0 saturated heterocycles. The Morgan fingerprint density at radius 2 is 1.88 bits per heavy atom. The molecule has 0 bridgehead atoms. The van der Waals surface area contributed by atoms with Crippen LogP contribution >= 0.6 is 0 Å². The van der Waals surface area contributed by atoms with Gasteiger partial charge < -0.3 is 9.84 Å². The molecule has 0 aliphatic heterocycles. The minimum absolute atomic E-state index is 0.506. The van der Waals surface area contributed by atoms with Crippen LogP contribution < -0.4 is 4.74 Å². The molecule has 1 atom stereocenters. The summed E-state index contributed by atoms with van der Waals surface area (Å²) in [6.45, 7) is 1.86. The van der Waals surface area contributed by atoms with Gasteiger partial charge in [0.1, 0.15) is 17.5 Å². The first kappa shape index (κ1) is 11.5. The summed E-state index contributed by atoms with van der Waals surface area (Å²) in [5.74, 6) is 0.572. The van der Waals surface area contributed by atoms with Crippen LogP contribution in [-0.4, -0.2) is 22.2 Å². The number of hydrogen-bond donors (Lipinski definition) is 1. The smallest absolute Gasteiger partial charge is 0.143 e. The lowest BCUT2D eigenvalue weighted by Gasteiger charge is -2.14. The lowest BCUT2D eigenvalue weighted by atomic mass is 10.0. The molecule has 0 amide bonds. The van der Waals surface area contributed by atoms with Crippen molar-refractivity contribution in [2.45, 2.75) is 13.0 Å². The highest BCUT2D eigenvalue weighted by molar-refractivity contribution is 5.36. The molecule has 0 saturated carbocycles. The molecule has 2 aromatic heterocycles. The molecule has 1 N–H and O–H groups in total. The summed E-state index contributed by atoms with van der Waals surface area (Å²) in [5.41, 5.74) is 2.03. The van der Waals surface area contributed by atoms with Gasteiger partial charge in [0.05, 0.1) is 7.11 Å². The van der Waals surface area contributed by atoms with Gasteiger partial charge in [-0.3, -0.25) is 9.97 Å². The Morgan fingerprint density at radius 1 is 1.18 bits per heavy atom. The number of pyridine rings is 2. The number of hydrogen-bond acceptors (Lipinski definition) is 4. The van der Waals surface area contributed by atoms with Crippen LogP contribution in [-0.2, 0) is 0 Å². The number of aliphatic hydroxyl groups excluding tert-OH is 1. The highest BCUT2D eigenvalue weighted by Gasteiger charge is 2.18. The molecule has 0 aliphatic carbocycles. The molecule has 1 unspecified atom stereocenters. The molecule has 2 heterocycles. The van der Waals surface area contributed by atoms with Gasteiger partial charge >= 0.3 is 0 Å². The van der Waals surface area contributed by atoms with E-state index in [4.69, 9.17) is 4.74 Å². The van der Waals surface area contributed by atoms with E-state index in [-0.39, 0.29) is 0 Å². The first-order chi connectivity index (χ1) is 8.24. The molecule has 17 heavy (non-hydrogen) atoms. The van der Waals surface area contributed by atoms with E-state index in [1.807, 2.05) is 13.0 Å². The molecule has 4 nitrogen and oxygen atoms in total. The first-order valence-electron chi connectivity index (χ1n) is 5.32. The van der Waals surface area contributed by atoms with Gasteiger partial charge in [-0.2, -0.15) is 0 Å². The maximum atomic E-state index is 10.3. The second-order valence-corrected chi connectivity index (χ2v) is 3.67.